The van der Waals surface area contributed by atoms with Gasteiger partial charge in [-0.2, -0.15) is 18.3 Å². The summed E-state index contributed by atoms with van der Waals surface area (Å²) >= 11 is 0. The van der Waals surface area contributed by atoms with E-state index in [0.717, 1.165) is 23.9 Å². The van der Waals surface area contributed by atoms with Crippen molar-refractivity contribution < 1.29 is 23.1 Å². The Hall–Kier alpha value is -1.57. The van der Waals surface area contributed by atoms with Crippen LogP contribution in [-0.4, -0.2) is 51.1 Å². The van der Waals surface area contributed by atoms with Crippen molar-refractivity contribution in [3.05, 3.63) is 17.0 Å². The molecule has 0 spiro atoms. The summed E-state index contributed by atoms with van der Waals surface area (Å²) in [5.41, 5.74) is 1.44. The van der Waals surface area contributed by atoms with Crippen LogP contribution < -0.4 is 0 Å². The Morgan fingerprint density at radius 2 is 2.08 bits per heavy atom. The minimum Gasteiger partial charge on any atom is -0.396 e. The fraction of sp³-hybridized carbons (Fsp3) is 0.750. The van der Waals surface area contributed by atoms with E-state index in [-0.39, 0.29) is 25.0 Å². The van der Waals surface area contributed by atoms with E-state index in [4.69, 9.17) is 5.11 Å². The average molecular weight is 347 g/mol. The maximum Gasteiger partial charge on any atom is 0.408 e. The number of amides is 1. The molecule has 2 heterocycles. The van der Waals surface area contributed by atoms with Crippen LogP contribution in [-0.2, 0) is 17.8 Å². The first kappa shape index (κ1) is 18.8. The van der Waals surface area contributed by atoms with Gasteiger partial charge >= 0.3 is 6.18 Å². The molecule has 1 aromatic heterocycles. The standard InChI is InChI=1S/C16H24F3N3O2/c1-11-14(12(2)22(20-11)10-16(17,18)19)9-15(24)21-7-3-5-13(21)6-4-8-23/h13,23H,3-10H2,1-2H3. The highest BCUT2D eigenvalue weighted by atomic mass is 19.4. The van der Waals surface area contributed by atoms with Gasteiger partial charge in [0.2, 0.25) is 5.91 Å². The van der Waals surface area contributed by atoms with E-state index < -0.39 is 12.7 Å². The molecule has 1 saturated heterocycles. The Labute approximate surface area is 139 Å². The predicted molar refractivity (Wildman–Crippen MR) is 82.5 cm³/mol. The fourth-order valence-electron chi connectivity index (χ4n) is 3.36. The zero-order chi connectivity index (χ0) is 17.9. The second-order valence-electron chi connectivity index (χ2n) is 6.35. The van der Waals surface area contributed by atoms with Gasteiger partial charge in [-0.25, -0.2) is 0 Å². The number of likely N-dealkylation sites (tertiary alicyclic amines) is 1. The number of aryl methyl sites for hydroxylation is 1. The third kappa shape index (κ3) is 4.49. The molecule has 1 aliphatic heterocycles. The number of aliphatic hydroxyl groups excluding tert-OH is 1. The van der Waals surface area contributed by atoms with Gasteiger partial charge in [0, 0.05) is 30.5 Å². The maximum absolute atomic E-state index is 12.6. The summed E-state index contributed by atoms with van der Waals surface area (Å²) in [4.78, 5) is 14.4. The molecule has 1 N–H and O–H groups in total. The number of alkyl halides is 3. The van der Waals surface area contributed by atoms with Crippen molar-refractivity contribution in [2.75, 3.05) is 13.2 Å². The molecule has 1 unspecified atom stereocenters. The number of carbonyl (C=O) groups is 1. The molecule has 0 saturated carbocycles. The minimum atomic E-state index is -4.34. The average Bonchev–Trinajstić information content (AvgIpc) is 3.04. The number of aliphatic hydroxyl groups is 1. The Kier molecular flexibility index (Phi) is 5.90. The Morgan fingerprint density at radius 1 is 1.38 bits per heavy atom. The molecule has 0 bridgehead atoms. The van der Waals surface area contributed by atoms with E-state index in [9.17, 15) is 18.0 Å². The quantitative estimate of drug-likeness (QED) is 0.859. The van der Waals surface area contributed by atoms with Crippen molar-refractivity contribution in [3.8, 4) is 0 Å². The lowest BCUT2D eigenvalue weighted by molar-refractivity contribution is -0.143. The maximum atomic E-state index is 12.6. The number of hydrogen-bond acceptors (Lipinski definition) is 3. The summed E-state index contributed by atoms with van der Waals surface area (Å²) in [6.07, 6.45) is -1.02. The van der Waals surface area contributed by atoms with Gasteiger partial charge in [-0.1, -0.05) is 0 Å². The molecule has 1 fully saturated rings. The predicted octanol–water partition coefficient (Wildman–Crippen LogP) is 2.37. The number of nitrogens with zero attached hydrogens (tertiary/aromatic N) is 3. The lowest BCUT2D eigenvalue weighted by Gasteiger charge is -2.24. The third-order valence-electron chi connectivity index (χ3n) is 4.58. The number of hydrogen-bond donors (Lipinski definition) is 1. The van der Waals surface area contributed by atoms with Crippen molar-refractivity contribution >= 4 is 5.91 Å². The molecule has 5 nitrogen and oxygen atoms in total. The van der Waals surface area contributed by atoms with E-state index in [0.29, 0.717) is 29.9 Å². The van der Waals surface area contributed by atoms with Crippen molar-refractivity contribution in [2.45, 2.75) is 64.7 Å². The largest absolute Gasteiger partial charge is 0.408 e. The Morgan fingerprint density at radius 3 is 2.71 bits per heavy atom. The van der Waals surface area contributed by atoms with Crippen LogP contribution in [0.25, 0.3) is 0 Å². The lowest BCUT2D eigenvalue weighted by Crippen LogP contribution is -2.36. The van der Waals surface area contributed by atoms with Crippen LogP contribution in [0.2, 0.25) is 0 Å². The number of halogens is 3. The Balaban J connectivity index is 2.09. The Bertz CT molecular complexity index is 584. The smallest absolute Gasteiger partial charge is 0.396 e. The first-order valence-electron chi connectivity index (χ1n) is 8.23. The van der Waals surface area contributed by atoms with Crippen LogP contribution in [0, 0.1) is 13.8 Å². The van der Waals surface area contributed by atoms with Crippen LogP contribution in [0.5, 0.6) is 0 Å². The van der Waals surface area contributed by atoms with Crippen LogP contribution in [0.1, 0.15) is 42.6 Å². The third-order valence-corrected chi connectivity index (χ3v) is 4.58. The van der Waals surface area contributed by atoms with E-state index >= 15 is 0 Å². The number of carbonyl (C=O) groups excluding carboxylic acids is 1. The van der Waals surface area contributed by atoms with E-state index in [1.807, 2.05) is 0 Å². The normalized spacial score (nSPS) is 18.4. The number of rotatable bonds is 6. The van der Waals surface area contributed by atoms with E-state index in [2.05, 4.69) is 5.10 Å². The first-order valence-corrected chi connectivity index (χ1v) is 8.23. The molecule has 24 heavy (non-hydrogen) atoms. The van der Waals surface area contributed by atoms with Gasteiger partial charge in [-0.05, 0) is 39.5 Å². The summed E-state index contributed by atoms with van der Waals surface area (Å²) in [5, 5.41) is 12.9. The highest BCUT2D eigenvalue weighted by molar-refractivity contribution is 5.80. The molecule has 0 aromatic carbocycles. The van der Waals surface area contributed by atoms with Crippen molar-refractivity contribution in [1.29, 1.82) is 0 Å². The topological polar surface area (TPSA) is 58.4 Å². The molecule has 136 valence electrons. The first-order chi connectivity index (χ1) is 11.2. The molecule has 2 rings (SSSR count). The second kappa shape index (κ2) is 7.55. The van der Waals surface area contributed by atoms with Gasteiger partial charge < -0.3 is 10.0 Å². The molecule has 1 aliphatic rings. The summed E-state index contributed by atoms with van der Waals surface area (Å²) in [6, 6.07) is 0.121. The van der Waals surface area contributed by atoms with Gasteiger partial charge in [0.1, 0.15) is 6.54 Å². The summed E-state index contributed by atoms with van der Waals surface area (Å²) in [7, 11) is 0. The monoisotopic (exact) mass is 347 g/mol. The molecule has 1 amide bonds. The van der Waals surface area contributed by atoms with Crippen LogP contribution in [0.3, 0.4) is 0 Å². The SMILES string of the molecule is Cc1nn(CC(F)(F)F)c(C)c1CC(=O)N1CCCC1CCCO. The minimum absolute atomic E-state index is 0.0746. The highest BCUT2D eigenvalue weighted by Gasteiger charge is 2.32. The van der Waals surface area contributed by atoms with Crippen molar-refractivity contribution in [1.82, 2.24) is 14.7 Å². The van der Waals surface area contributed by atoms with Crippen LogP contribution in [0.15, 0.2) is 0 Å². The summed E-state index contributed by atoms with van der Waals surface area (Å²) in [5.74, 6) is -0.0757. The molecule has 1 atom stereocenters. The van der Waals surface area contributed by atoms with Crippen LogP contribution >= 0.6 is 0 Å². The second-order valence-corrected chi connectivity index (χ2v) is 6.35. The van der Waals surface area contributed by atoms with Gasteiger partial charge in [0.05, 0.1) is 12.1 Å². The molecular formula is C16H24F3N3O2. The lowest BCUT2D eigenvalue weighted by atomic mass is 10.1. The van der Waals surface area contributed by atoms with Gasteiger partial charge in [-0.15, -0.1) is 0 Å². The van der Waals surface area contributed by atoms with Gasteiger partial charge in [0.25, 0.3) is 0 Å². The van der Waals surface area contributed by atoms with Gasteiger partial charge in [-0.3, -0.25) is 9.48 Å². The number of aromatic nitrogens is 2. The molecule has 0 radical (unpaired) electrons. The summed E-state index contributed by atoms with van der Waals surface area (Å²) < 4.78 is 38.7. The molecule has 0 aliphatic carbocycles. The highest BCUT2D eigenvalue weighted by Crippen LogP contribution is 2.25. The van der Waals surface area contributed by atoms with E-state index in [1.54, 1.807) is 18.7 Å². The molecular weight excluding hydrogens is 323 g/mol. The fourth-order valence-corrected chi connectivity index (χ4v) is 3.36. The van der Waals surface area contributed by atoms with E-state index in [1.165, 1.54) is 0 Å². The zero-order valence-corrected chi connectivity index (χ0v) is 14.1. The molecule has 1 aromatic rings. The van der Waals surface area contributed by atoms with Gasteiger partial charge in [0.15, 0.2) is 0 Å². The van der Waals surface area contributed by atoms with Crippen molar-refractivity contribution in [3.63, 3.8) is 0 Å². The zero-order valence-electron chi connectivity index (χ0n) is 14.1. The van der Waals surface area contributed by atoms with Crippen LogP contribution in [0.4, 0.5) is 13.2 Å². The summed E-state index contributed by atoms with van der Waals surface area (Å²) in [6.45, 7) is 2.83. The molecule has 8 heteroatoms. The van der Waals surface area contributed by atoms with Crippen molar-refractivity contribution in [2.24, 2.45) is 0 Å².